The molecule has 30 heavy (non-hydrogen) atoms. The second-order valence-electron chi connectivity index (χ2n) is 6.42. The highest BCUT2D eigenvalue weighted by Crippen LogP contribution is 2.27. The number of aliphatic imine (C=N–C) groups is 1. The molecule has 7 nitrogen and oxygen atoms in total. The SMILES string of the molecule is COc1ccc(CN=C(N)NCCCCC(=O)OCc2ccccc2)cc1OC.I. The molecule has 0 aliphatic carbocycles. The van der Waals surface area contributed by atoms with Crippen molar-refractivity contribution < 1.29 is 19.0 Å². The maximum absolute atomic E-state index is 11.8. The monoisotopic (exact) mass is 527 g/mol. The molecule has 164 valence electrons. The molecule has 0 unspecified atom stereocenters. The lowest BCUT2D eigenvalue weighted by Gasteiger charge is -2.09. The number of nitrogens with zero attached hydrogens (tertiary/aromatic N) is 1. The molecule has 0 bridgehead atoms. The van der Waals surface area contributed by atoms with Crippen LogP contribution in [0.1, 0.15) is 30.4 Å². The third kappa shape index (κ3) is 9.34. The Kier molecular flexibility index (Phi) is 12.3. The highest BCUT2D eigenvalue weighted by atomic mass is 127. The summed E-state index contributed by atoms with van der Waals surface area (Å²) in [4.78, 5) is 16.1. The molecule has 0 aliphatic heterocycles. The summed E-state index contributed by atoms with van der Waals surface area (Å²) in [5.41, 5.74) is 7.85. The number of esters is 1. The number of carbonyl (C=O) groups excluding carboxylic acids is 1. The fourth-order valence-electron chi connectivity index (χ4n) is 2.63. The van der Waals surface area contributed by atoms with Crippen molar-refractivity contribution in [1.82, 2.24) is 5.32 Å². The summed E-state index contributed by atoms with van der Waals surface area (Å²) in [6.45, 7) is 1.39. The molecule has 0 radical (unpaired) electrons. The smallest absolute Gasteiger partial charge is 0.306 e. The topological polar surface area (TPSA) is 95.2 Å². The molecule has 3 N–H and O–H groups in total. The third-order valence-corrected chi connectivity index (χ3v) is 4.24. The minimum absolute atomic E-state index is 0. The van der Waals surface area contributed by atoms with Gasteiger partial charge in [-0.25, -0.2) is 4.99 Å². The first-order chi connectivity index (χ1) is 14.1. The Hall–Kier alpha value is -2.49. The van der Waals surface area contributed by atoms with E-state index in [-0.39, 0.29) is 29.9 Å². The molecule has 2 rings (SSSR count). The zero-order valence-corrected chi connectivity index (χ0v) is 19.8. The lowest BCUT2D eigenvalue weighted by atomic mass is 10.2. The van der Waals surface area contributed by atoms with Gasteiger partial charge in [0, 0.05) is 13.0 Å². The van der Waals surface area contributed by atoms with Gasteiger partial charge in [0.1, 0.15) is 6.61 Å². The number of unbranched alkanes of at least 4 members (excludes halogenated alkanes) is 1. The van der Waals surface area contributed by atoms with E-state index in [1.165, 1.54) is 0 Å². The van der Waals surface area contributed by atoms with E-state index in [0.717, 1.165) is 24.0 Å². The predicted molar refractivity (Wildman–Crippen MR) is 128 cm³/mol. The van der Waals surface area contributed by atoms with Crippen LogP contribution in [0.4, 0.5) is 0 Å². The van der Waals surface area contributed by atoms with Gasteiger partial charge < -0.3 is 25.3 Å². The standard InChI is InChI=1S/C22H29N3O4.HI/c1-27-19-12-11-18(14-20(19)28-2)15-25-22(23)24-13-7-6-10-21(26)29-16-17-8-4-3-5-9-17;/h3-5,8-9,11-12,14H,6-7,10,13,15-16H2,1-2H3,(H3,23,24,25);1H. The van der Waals surface area contributed by atoms with E-state index < -0.39 is 0 Å². The van der Waals surface area contributed by atoms with Gasteiger partial charge in [0.2, 0.25) is 0 Å². The number of hydrogen-bond acceptors (Lipinski definition) is 5. The molecule has 0 saturated carbocycles. The number of nitrogens with one attached hydrogen (secondary N) is 1. The fraction of sp³-hybridized carbons (Fsp3) is 0.364. The van der Waals surface area contributed by atoms with Gasteiger partial charge in [-0.15, -0.1) is 24.0 Å². The van der Waals surface area contributed by atoms with Gasteiger partial charge in [0.15, 0.2) is 17.5 Å². The summed E-state index contributed by atoms with van der Waals surface area (Å²) in [7, 11) is 3.19. The van der Waals surface area contributed by atoms with Crippen molar-refractivity contribution in [3.05, 3.63) is 59.7 Å². The molecule has 0 heterocycles. The second kappa shape index (κ2) is 14.5. The van der Waals surface area contributed by atoms with Crippen molar-refractivity contribution in [3.8, 4) is 11.5 Å². The van der Waals surface area contributed by atoms with Crippen LogP contribution in [-0.2, 0) is 22.7 Å². The van der Waals surface area contributed by atoms with Crippen LogP contribution < -0.4 is 20.5 Å². The predicted octanol–water partition coefficient (Wildman–Crippen LogP) is 3.64. The largest absolute Gasteiger partial charge is 0.493 e. The third-order valence-electron chi connectivity index (χ3n) is 4.24. The molecule has 0 aliphatic rings. The molecule has 0 amide bonds. The highest BCUT2D eigenvalue weighted by molar-refractivity contribution is 14.0. The van der Waals surface area contributed by atoms with Crippen LogP contribution in [0.5, 0.6) is 11.5 Å². The van der Waals surface area contributed by atoms with Crippen LogP contribution in [0, 0.1) is 0 Å². The van der Waals surface area contributed by atoms with Gasteiger partial charge in [-0.2, -0.15) is 0 Å². The molecule has 2 aromatic rings. The molecular formula is C22H30IN3O4. The van der Waals surface area contributed by atoms with Crippen molar-refractivity contribution in [2.24, 2.45) is 10.7 Å². The molecular weight excluding hydrogens is 497 g/mol. The lowest BCUT2D eigenvalue weighted by molar-refractivity contribution is -0.145. The van der Waals surface area contributed by atoms with Crippen LogP contribution in [0.3, 0.4) is 0 Å². The number of halogens is 1. The minimum atomic E-state index is -0.191. The molecule has 0 aromatic heterocycles. The van der Waals surface area contributed by atoms with Crippen molar-refractivity contribution in [3.63, 3.8) is 0 Å². The number of carbonyl (C=O) groups is 1. The average molecular weight is 527 g/mol. The second-order valence-corrected chi connectivity index (χ2v) is 6.42. The Morgan fingerprint density at radius 2 is 1.73 bits per heavy atom. The Morgan fingerprint density at radius 3 is 2.43 bits per heavy atom. The van der Waals surface area contributed by atoms with Crippen LogP contribution in [0.2, 0.25) is 0 Å². The summed E-state index contributed by atoms with van der Waals surface area (Å²) >= 11 is 0. The van der Waals surface area contributed by atoms with Gasteiger partial charge in [-0.05, 0) is 36.1 Å². The first-order valence-electron chi connectivity index (χ1n) is 9.56. The zero-order chi connectivity index (χ0) is 20.9. The van der Waals surface area contributed by atoms with Gasteiger partial charge in [0.05, 0.1) is 20.8 Å². The summed E-state index contributed by atoms with van der Waals surface area (Å²) in [6, 6.07) is 15.3. The van der Waals surface area contributed by atoms with E-state index in [9.17, 15) is 4.79 Å². The van der Waals surface area contributed by atoms with Gasteiger partial charge in [-0.1, -0.05) is 36.4 Å². The van der Waals surface area contributed by atoms with Crippen molar-refractivity contribution in [2.75, 3.05) is 20.8 Å². The zero-order valence-electron chi connectivity index (χ0n) is 17.4. The number of hydrogen-bond donors (Lipinski definition) is 2. The molecule has 0 spiro atoms. The minimum Gasteiger partial charge on any atom is -0.493 e. The Morgan fingerprint density at radius 1 is 1.00 bits per heavy atom. The van der Waals surface area contributed by atoms with Crippen molar-refractivity contribution >= 4 is 35.9 Å². The summed E-state index contributed by atoms with van der Waals surface area (Å²) < 4.78 is 15.7. The average Bonchev–Trinajstić information content (AvgIpc) is 2.76. The van der Waals surface area contributed by atoms with E-state index >= 15 is 0 Å². The van der Waals surface area contributed by atoms with E-state index in [1.807, 2.05) is 48.5 Å². The molecule has 8 heteroatoms. The first-order valence-corrected chi connectivity index (χ1v) is 9.56. The van der Waals surface area contributed by atoms with Crippen LogP contribution in [-0.4, -0.2) is 32.7 Å². The number of guanidine groups is 1. The Bertz CT molecular complexity index is 800. The van der Waals surface area contributed by atoms with Crippen LogP contribution in [0.15, 0.2) is 53.5 Å². The Labute approximate surface area is 195 Å². The Balaban J connectivity index is 0.00000450. The van der Waals surface area contributed by atoms with E-state index in [0.29, 0.717) is 43.6 Å². The van der Waals surface area contributed by atoms with Gasteiger partial charge in [-0.3, -0.25) is 4.79 Å². The highest BCUT2D eigenvalue weighted by Gasteiger charge is 2.05. The maximum atomic E-state index is 11.8. The molecule has 0 saturated heterocycles. The number of nitrogens with two attached hydrogens (primary N) is 1. The lowest BCUT2D eigenvalue weighted by Crippen LogP contribution is -2.32. The number of rotatable bonds is 11. The normalized spacial score (nSPS) is 10.7. The summed E-state index contributed by atoms with van der Waals surface area (Å²) in [5.74, 6) is 1.51. The van der Waals surface area contributed by atoms with Gasteiger partial charge >= 0.3 is 5.97 Å². The summed E-state index contributed by atoms with van der Waals surface area (Å²) in [5, 5.41) is 3.06. The molecule has 2 aromatic carbocycles. The summed E-state index contributed by atoms with van der Waals surface area (Å²) in [6.07, 6.45) is 1.91. The molecule has 0 fully saturated rings. The number of methoxy groups -OCH3 is 2. The maximum Gasteiger partial charge on any atom is 0.306 e. The van der Waals surface area contributed by atoms with E-state index in [1.54, 1.807) is 14.2 Å². The number of benzene rings is 2. The van der Waals surface area contributed by atoms with E-state index in [4.69, 9.17) is 19.9 Å². The fourth-order valence-corrected chi connectivity index (χ4v) is 2.63. The number of ether oxygens (including phenoxy) is 3. The van der Waals surface area contributed by atoms with Crippen molar-refractivity contribution in [1.29, 1.82) is 0 Å². The van der Waals surface area contributed by atoms with Crippen molar-refractivity contribution in [2.45, 2.75) is 32.4 Å². The molecule has 0 atom stereocenters. The van der Waals surface area contributed by atoms with Crippen LogP contribution in [0.25, 0.3) is 0 Å². The first kappa shape index (κ1) is 25.5. The van der Waals surface area contributed by atoms with Crippen LogP contribution >= 0.6 is 24.0 Å². The van der Waals surface area contributed by atoms with Gasteiger partial charge in [0.25, 0.3) is 0 Å². The quantitative estimate of drug-likeness (QED) is 0.152. The van der Waals surface area contributed by atoms with E-state index in [2.05, 4.69) is 10.3 Å².